The molecule has 8 nitrogen and oxygen atoms in total. The number of rotatable bonds is 8. The average Bonchev–Trinajstić information content (AvgIpc) is 3.47. The summed E-state index contributed by atoms with van der Waals surface area (Å²) in [6, 6.07) is 5.19. The topological polar surface area (TPSA) is 97.0 Å². The zero-order valence-corrected chi connectivity index (χ0v) is 21.4. The molecule has 2 N–H and O–H groups in total. The molecule has 0 aromatic heterocycles. The van der Waals surface area contributed by atoms with Crippen molar-refractivity contribution in [3.05, 3.63) is 41.5 Å². The summed E-state index contributed by atoms with van der Waals surface area (Å²) in [6.45, 7) is 4.82. The van der Waals surface area contributed by atoms with Crippen LogP contribution in [0.1, 0.15) is 49.7 Å². The third-order valence-electron chi connectivity index (χ3n) is 8.11. The summed E-state index contributed by atoms with van der Waals surface area (Å²) in [7, 11) is 1.62. The number of nitrogens with zero attached hydrogens (tertiary/aromatic N) is 1. The highest BCUT2D eigenvalue weighted by Crippen LogP contribution is 2.55. The molecular weight excluding hydrogens is 458 g/mol. The zero-order chi connectivity index (χ0) is 25.4. The van der Waals surface area contributed by atoms with E-state index in [-0.39, 0.29) is 23.8 Å². The Balaban J connectivity index is 1.42. The Bertz CT molecular complexity index is 1050. The van der Waals surface area contributed by atoms with Crippen molar-refractivity contribution in [3.8, 4) is 0 Å². The number of nitrogens with one attached hydrogen (secondary N) is 2. The van der Waals surface area contributed by atoms with E-state index in [9.17, 15) is 14.4 Å². The first kappa shape index (κ1) is 25.0. The molecule has 5 atom stereocenters. The quantitative estimate of drug-likeness (QED) is 0.427. The third kappa shape index (κ3) is 4.34. The summed E-state index contributed by atoms with van der Waals surface area (Å²) >= 11 is 0. The summed E-state index contributed by atoms with van der Waals surface area (Å²) in [4.78, 5) is 42.8. The van der Waals surface area contributed by atoms with Crippen LogP contribution in [0.3, 0.4) is 0 Å². The summed E-state index contributed by atoms with van der Waals surface area (Å²) in [6.07, 6.45) is 9.07. The van der Waals surface area contributed by atoms with E-state index in [2.05, 4.69) is 10.6 Å². The summed E-state index contributed by atoms with van der Waals surface area (Å²) in [5.74, 6) is -2.05. The van der Waals surface area contributed by atoms with Crippen molar-refractivity contribution in [1.29, 1.82) is 0 Å². The van der Waals surface area contributed by atoms with E-state index in [1.165, 1.54) is 6.42 Å². The minimum Gasteiger partial charge on any atom is -0.385 e. The van der Waals surface area contributed by atoms with E-state index in [4.69, 9.17) is 9.47 Å². The molecule has 4 aliphatic rings. The van der Waals surface area contributed by atoms with Crippen molar-refractivity contribution in [2.75, 3.05) is 25.6 Å². The monoisotopic (exact) mass is 495 g/mol. The maximum absolute atomic E-state index is 13.9. The Labute approximate surface area is 212 Å². The van der Waals surface area contributed by atoms with Crippen LogP contribution in [0.4, 0.5) is 5.69 Å². The van der Waals surface area contributed by atoms with Gasteiger partial charge in [-0.25, -0.2) is 0 Å². The molecule has 1 aromatic carbocycles. The van der Waals surface area contributed by atoms with Gasteiger partial charge in [-0.15, -0.1) is 0 Å². The second-order valence-electron chi connectivity index (χ2n) is 10.8. The van der Waals surface area contributed by atoms with Gasteiger partial charge in [-0.2, -0.15) is 0 Å². The Morgan fingerprint density at radius 1 is 1.11 bits per heavy atom. The molecule has 3 aliphatic heterocycles. The van der Waals surface area contributed by atoms with Crippen molar-refractivity contribution < 1.29 is 23.9 Å². The van der Waals surface area contributed by atoms with Crippen molar-refractivity contribution >= 4 is 23.4 Å². The van der Waals surface area contributed by atoms with Gasteiger partial charge in [-0.05, 0) is 56.4 Å². The number of likely N-dealkylation sites (tertiary alicyclic amines) is 1. The number of methoxy groups -OCH3 is 1. The minimum atomic E-state index is -1.13. The van der Waals surface area contributed by atoms with Gasteiger partial charge >= 0.3 is 0 Å². The SMILES string of the molecule is COCCCN1C(=O)[C@@H]2[C@@H](C(=O)Nc3cc(C)cc(C)c3)[C@@H]3C=C[C@@]2(O3)[C@H]1C(=O)NC1CCCCC1. The molecular formula is C28H37N3O5. The predicted molar refractivity (Wildman–Crippen MR) is 135 cm³/mol. The van der Waals surface area contributed by atoms with Crippen molar-refractivity contribution in [2.24, 2.45) is 11.8 Å². The minimum absolute atomic E-state index is 0.115. The van der Waals surface area contributed by atoms with E-state index in [0.29, 0.717) is 25.3 Å². The molecule has 194 valence electrons. The Kier molecular flexibility index (Phi) is 6.92. The van der Waals surface area contributed by atoms with Crippen LogP contribution >= 0.6 is 0 Å². The Morgan fingerprint density at radius 3 is 2.53 bits per heavy atom. The number of aryl methyl sites for hydroxylation is 2. The highest BCUT2D eigenvalue weighted by atomic mass is 16.5. The van der Waals surface area contributed by atoms with E-state index >= 15 is 0 Å². The van der Waals surface area contributed by atoms with Gasteiger partial charge in [0.25, 0.3) is 0 Å². The molecule has 3 amide bonds. The smallest absolute Gasteiger partial charge is 0.246 e. The standard InChI is InChI=1S/C28H37N3O5/c1-17-14-18(2)16-20(15-17)30-25(32)22-21-10-11-28(36-21)23(22)27(34)31(12-7-13-35-3)24(28)26(33)29-19-8-5-4-6-9-19/h10-11,14-16,19,21-24H,4-9,12-13H2,1-3H3,(H,29,33)(H,30,32)/t21-,22-,23-,24+,28-/m0/s1. The average molecular weight is 496 g/mol. The van der Waals surface area contributed by atoms with Crippen LogP contribution in [0.25, 0.3) is 0 Å². The summed E-state index contributed by atoms with van der Waals surface area (Å²) in [5.41, 5.74) is 1.67. The van der Waals surface area contributed by atoms with Gasteiger partial charge in [0, 0.05) is 32.0 Å². The highest BCUT2D eigenvalue weighted by Gasteiger charge is 2.72. The normalized spacial score (nSPS) is 31.1. The second kappa shape index (κ2) is 9.98. The van der Waals surface area contributed by atoms with E-state index < -0.39 is 29.6 Å². The van der Waals surface area contributed by atoms with Gasteiger partial charge in [-0.3, -0.25) is 14.4 Å². The third-order valence-corrected chi connectivity index (χ3v) is 8.11. The van der Waals surface area contributed by atoms with Crippen LogP contribution in [0, 0.1) is 25.7 Å². The van der Waals surface area contributed by atoms with Crippen LogP contribution in [0.5, 0.6) is 0 Å². The fraction of sp³-hybridized carbons (Fsp3) is 0.607. The predicted octanol–water partition coefficient (Wildman–Crippen LogP) is 2.88. The second-order valence-corrected chi connectivity index (χ2v) is 10.8. The molecule has 36 heavy (non-hydrogen) atoms. The number of carbonyl (C=O) groups is 3. The van der Waals surface area contributed by atoms with Crippen molar-refractivity contribution in [2.45, 2.75) is 76.2 Å². The van der Waals surface area contributed by atoms with Crippen LogP contribution in [-0.2, 0) is 23.9 Å². The molecule has 1 aliphatic carbocycles. The first-order chi connectivity index (χ1) is 17.3. The molecule has 1 spiro atoms. The maximum Gasteiger partial charge on any atom is 0.246 e. The molecule has 3 heterocycles. The van der Waals surface area contributed by atoms with E-state index in [1.807, 2.05) is 44.2 Å². The molecule has 0 unspecified atom stereocenters. The first-order valence-corrected chi connectivity index (χ1v) is 13.2. The number of fused-ring (bicyclic) bond motifs is 1. The maximum atomic E-state index is 13.9. The molecule has 2 saturated heterocycles. The number of amides is 3. The van der Waals surface area contributed by atoms with Crippen molar-refractivity contribution in [3.63, 3.8) is 0 Å². The molecule has 2 bridgehead atoms. The molecule has 1 aromatic rings. The Hall–Kier alpha value is -2.71. The molecule has 1 saturated carbocycles. The largest absolute Gasteiger partial charge is 0.385 e. The number of hydrogen-bond acceptors (Lipinski definition) is 5. The van der Waals surface area contributed by atoms with Crippen molar-refractivity contribution in [1.82, 2.24) is 10.2 Å². The van der Waals surface area contributed by atoms with Crippen LogP contribution in [0.15, 0.2) is 30.4 Å². The summed E-state index contributed by atoms with van der Waals surface area (Å²) < 4.78 is 11.6. The fourth-order valence-corrected chi connectivity index (χ4v) is 6.69. The molecule has 8 heteroatoms. The Morgan fingerprint density at radius 2 is 1.83 bits per heavy atom. The molecule has 0 radical (unpaired) electrons. The lowest BCUT2D eigenvalue weighted by Gasteiger charge is -2.34. The van der Waals surface area contributed by atoms with Gasteiger partial charge < -0.3 is 25.0 Å². The van der Waals surface area contributed by atoms with E-state index in [0.717, 1.165) is 36.8 Å². The molecule has 3 fully saturated rings. The molecule has 5 rings (SSSR count). The summed E-state index contributed by atoms with van der Waals surface area (Å²) in [5, 5.41) is 6.22. The van der Waals surface area contributed by atoms with Crippen LogP contribution in [0.2, 0.25) is 0 Å². The number of anilines is 1. The lowest BCUT2D eigenvalue weighted by Crippen LogP contribution is -2.56. The van der Waals surface area contributed by atoms with E-state index in [1.54, 1.807) is 12.0 Å². The lowest BCUT2D eigenvalue weighted by atomic mass is 9.74. The van der Waals surface area contributed by atoms with Gasteiger partial charge in [0.05, 0.1) is 17.9 Å². The van der Waals surface area contributed by atoms with Crippen LogP contribution in [-0.4, -0.2) is 66.7 Å². The van der Waals surface area contributed by atoms with Gasteiger partial charge in [0.15, 0.2) is 0 Å². The number of benzene rings is 1. The zero-order valence-electron chi connectivity index (χ0n) is 21.4. The number of ether oxygens (including phenoxy) is 2. The van der Waals surface area contributed by atoms with Gasteiger partial charge in [0.1, 0.15) is 11.6 Å². The highest BCUT2D eigenvalue weighted by molar-refractivity contribution is 6.02. The first-order valence-electron chi connectivity index (χ1n) is 13.2. The lowest BCUT2D eigenvalue weighted by molar-refractivity contribution is -0.141. The van der Waals surface area contributed by atoms with Gasteiger partial charge in [-0.1, -0.05) is 37.5 Å². The van der Waals surface area contributed by atoms with Crippen LogP contribution < -0.4 is 10.6 Å². The number of hydrogen-bond donors (Lipinski definition) is 2. The van der Waals surface area contributed by atoms with Gasteiger partial charge in [0.2, 0.25) is 17.7 Å². The number of carbonyl (C=O) groups excluding carboxylic acids is 3. The fourth-order valence-electron chi connectivity index (χ4n) is 6.69.